The zero-order valence-corrected chi connectivity index (χ0v) is 9.95. The molecule has 0 atom stereocenters. The molecule has 0 bridgehead atoms. The van der Waals surface area contributed by atoms with Crippen molar-refractivity contribution in [2.24, 2.45) is 0 Å². The highest BCUT2D eigenvalue weighted by molar-refractivity contribution is 7.80. The van der Waals surface area contributed by atoms with Crippen LogP contribution in [0.4, 0.5) is 5.95 Å². The lowest BCUT2D eigenvalue weighted by Crippen LogP contribution is -2.28. The summed E-state index contributed by atoms with van der Waals surface area (Å²) in [6.07, 6.45) is 0. The fourth-order valence-electron chi connectivity index (χ4n) is 0.864. The average Bonchev–Trinajstić information content (AvgIpc) is 2.17. The van der Waals surface area contributed by atoms with Crippen molar-refractivity contribution in [3.8, 4) is 5.88 Å². The van der Waals surface area contributed by atoms with Gasteiger partial charge in [-0.1, -0.05) is 11.6 Å². The molecule has 0 aliphatic carbocycles. The Morgan fingerprint density at radius 1 is 1.60 bits per heavy atom. The summed E-state index contributed by atoms with van der Waals surface area (Å²) in [6.45, 7) is 2.66. The molecule has 1 aromatic rings. The molecular weight excluding hydrogens is 236 g/mol. The number of aromatic nitrogens is 2. The second kappa shape index (κ2) is 5.67. The summed E-state index contributed by atoms with van der Waals surface area (Å²) >= 11 is 10.7. The van der Waals surface area contributed by atoms with E-state index in [0.717, 1.165) is 6.54 Å². The van der Waals surface area contributed by atoms with Gasteiger partial charge in [0.25, 0.3) is 0 Å². The second-order valence-corrected chi connectivity index (χ2v) is 3.34. The number of hydrogen-bond acceptors (Lipinski definition) is 4. The van der Waals surface area contributed by atoms with Crippen molar-refractivity contribution < 1.29 is 4.74 Å². The van der Waals surface area contributed by atoms with E-state index in [2.05, 4.69) is 20.6 Å². The number of ether oxygens (including phenoxy) is 1. The van der Waals surface area contributed by atoms with Crippen molar-refractivity contribution >= 4 is 34.9 Å². The van der Waals surface area contributed by atoms with Crippen molar-refractivity contribution in [3.63, 3.8) is 0 Å². The lowest BCUT2D eigenvalue weighted by molar-refractivity contribution is 0.397. The van der Waals surface area contributed by atoms with Crippen LogP contribution in [-0.2, 0) is 0 Å². The zero-order valence-electron chi connectivity index (χ0n) is 8.37. The molecule has 0 saturated carbocycles. The third kappa shape index (κ3) is 3.85. The fourth-order valence-corrected chi connectivity index (χ4v) is 1.27. The lowest BCUT2D eigenvalue weighted by Gasteiger charge is -2.08. The van der Waals surface area contributed by atoms with E-state index >= 15 is 0 Å². The Morgan fingerprint density at radius 3 is 2.93 bits per heavy atom. The molecule has 0 unspecified atom stereocenters. The summed E-state index contributed by atoms with van der Waals surface area (Å²) in [5.41, 5.74) is 0. The number of nitrogens with zero attached hydrogens (tertiary/aromatic N) is 2. The highest BCUT2D eigenvalue weighted by Crippen LogP contribution is 2.15. The summed E-state index contributed by atoms with van der Waals surface area (Å²) in [5.74, 6) is 0.696. The predicted molar refractivity (Wildman–Crippen MR) is 63.5 cm³/mol. The van der Waals surface area contributed by atoms with Crippen LogP contribution >= 0.6 is 23.8 Å². The minimum atomic E-state index is 0.295. The predicted octanol–water partition coefficient (Wildman–Crippen LogP) is 1.44. The van der Waals surface area contributed by atoms with Gasteiger partial charge in [0, 0.05) is 12.6 Å². The van der Waals surface area contributed by atoms with Crippen molar-refractivity contribution in [3.05, 3.63) is 11.2 Å². The van der Waals surface area contributed by atoms with Crippen molar-refractivity contribution in [1.29, 1.82) is 0 Å². The molecule has 0 fully saturated rings. The van der Waals surface area contributed by atoms with Gasteiger partial charge >= 0.3 is 0 Å². The van der Waals surface area contributed by atoms with Gasteiger partial charge in [0.1, 0.15) is 5.15 Å². The van der Waals surface area contributed by atoms with Gasteiger partial charge in [-0.3, -0.25) is 0 Å². The van der Waals surface area contributed by atoms with Crippen LogP contribution in [0.15, 0.2) is 6.07 Å². The second-order valence-electron chi connectivity index (χ2n) is 2.54. The molecule has 1 aromatic heterocycles. The monoisotopic (exact) mass is 246 g/mol. The van der Waals surface area contributed by atoms with Gasteiger partial charge in [0.05, 0.1) is 7.11 Å². The largest absolute Gasteiger partial charge is 0.481 e. The number of methoxy groups -OCH3 is 1. The minimum Gasteiger partial charge on any atom is -0.481 e. The normalized spacial score (nSPS) is 9.53. The van der Waals surface area contributed by atoms with Gasteiger partial charge in [-0.25, -0.2) is 4.98 Å². The van der Waals surface area contributed by atoms with E-state index < -0.39 is 0 Å². The molecule has 82 valence electrons. The van der Waals surface area contributed by atoms with Gasteiger partial charge < -0.3 is 15.4 Å². The Bertz CT molecular complexity index is 360. The first-order valence-corrected chi connectivity index (χ1v) is 5.07. The summed E-state index contributed by atoms with van der Waals surface area (Å²) in [7, 11) is 1.51. The van der Waals surface area contributed by atoms with Crippen LogP contribution in [0.1, 0.15) is 6.92 Å². The quantitative estimate of drug-likeness (QED) is 0.622. The van der Waals surface area contributed by atoms with Crippen LogP contribution in [0, 0.1) is 0 Å². The highest BCUT2D eigenvalue weighted by atomic mass is 35.5. The van der Waals surface area contributed by atoms with Crippen LogP contribution < -0.4 is 15.4 Å². The Hall–Kier alpha value is -1.14. The molecule has 0 amide bonds. The molecular formula is C8H11ClN4OS. The van der Waals surface area contributed by atoms with Gasteiger partial charge in [-0.15, -0.1) is 0 Å². The third-order valence-corrected chi connectivity index (χ3v) is 1.88. The average molecular weight is 247 g/mol. The molecule has 0 spiro atoms. The van der Waals surface area contributed by atoms with Crippen LogP contribution in [0.25, 0.3) is 0 Å². The van der Waals surface area contributed by atoms with Crippen LogP contribution in [0.3, 0.4) is 0 Å². The fraction of sp³-hybridized carbons (Fsp3) is 0.375. The van der Waals surface area contributed by atoms with Crippen LogP contribution in [-0.4, -0.2) is 28.7 Å². The van der Waals surface area contributed by atoms with Crippen LogP contribution in [0.2, 0.25) is 5.15 Å². The van der Waals surface area contributed by atoms with E-state index in [1.165, 1.54) is 13.2 Å². The molecule has 1 heterocycles. The van der Waals surface area contributed by atoms with E-state index in [1.54, 1.807) is 0 Å². The summed E-state index contributed by atoms with van der Waals surface area (Å²) < 4.78 is 4.94. The van der Waals surface area contributed by atoms with Gasteiger partial charge in [-0.2, -0.15) is 4.98 Å². The van der Waals surface area contributed by atoms with E-state index in [9.17, 15) is 0 Å². The number of nitrogens with one attached hydrogen (secondary N) is 2. The Kier molecular flexibility index (Phi) is 4.51. The maximum atomic E-state index is 5.75. The first-order valence-electron chi connectivity index (χ1n) is 4.29. The Balaban J connectivity index is 2.76. The molecule has 0 aromatic carbocycles. The lowest BCUT2D eigenvalue weighted by atomic mass is 10.6. The third-order valence-electron chi connectivity index (χ3n) is 1.44. The SMILES string of the molecule is CCNC(=S)Nc1nc(Cl)cc(OC)n1. The standard InChI is InChI=1S/C8H11ClN4OS/c1-3-10-8(15)13-7-11-5(9)4-6(12-7)14-2/h4H,3H2,1-2H3,(H2,10,11,12,13,15). The molecule has 0 saturated heterocycles. The van der Waals surface area contributed by atoms with Crippen molar-refractivity contribution in [2.45, 2.75) is 6.92 Å². The summed E-state index contributed by atoms with van der Waals surface area (Å²) in [4.78, 5) is 7.96. The number of anilines is 1. The smallest absolute Gasteiger partial charge is 0.233 e. The molecule has 0 aliphatic rings. The summed E-state index contributed by atoms with van der Waals surface area (Å²) in [5, 5.41) is 6.44. The topological polar surface area (TPSA) is 59.1 Å². The van der Waals surface area contributed by atoms with Gasteiger partial charge in [-0.05, 0) is 19.1 Å². The van der Waals surface area contributed by atoms with E-state index in [-0.39, 0.29) is 0 Å². The molecule has 1 rings (SSSR count). The number of thiocarbonyl (C=S) groups is 1. The number of rotatable bonds is 3. The first-order chi connectivity index (χ1) is 7.15. The molecule has 2 N–H and O–H groups in total. The van der Waals surface area contributed by atoms with E-state index in [4.69, 9.17) is 28.6 Å². The van der Waals surface area contributed by atoms with Gasteiger partial charge in [0.2, 0.25) is 11.8 Å². The molecule has 5 nitrogen and oxygen atoms in total. The Labute approximate surface area is 98.2 Å². The minimum absolute atomic E-state index is 0.295. The maximum absolute atomic E-state index is 5.75. The van der Waals surface area contributed by atoms with Gasteiger partial charge in [0.15, 0.2) is 5.11 Å². The highest BCUT2D eigenvalue weighted by Gasteiger charge is 2.04. The van der Waals surface area contributed by atoms with Crippen LogP contribution in [0.5, 0.6) is 5.88 Å². The van der Waals surface area contributed by atoms with E-state index in [1.807, 2.05) is 6.92 Å². The zero-order chi connectivity index (χ0) is 11.3. The number of hydrogen-bond donors (Lipinski definition) is 2. The number of halogens is 1. The molecule has 0 radical (unpaired) electrons. The van der Waals surface area contributed by atoms with Crippen molar-refractivity contribution in [2.75, 3.05) is 19.0 Å². The molecule has 15 heavy (non-hydrogen) atoms. The maximum Gasteiger partial charge on any atom is 0.233 e. The molecule has 0 aliphatic heterocycles. The first kappa shape index (κ1) is 11.9. The molecule has 7 heteroatoms. The van der Waals surface area contributed by atoms with E-state index in [0.29, 0.717) is 22.1 Å². The summed E-state index contributed by atoms with van der Waals surface area (Å²) in [6, 6.07) is 1.52. The Morgan fingerprint density at radius 2 is 2.33 bits per heavy atom. The van der Waals surface area contributed by atoms with Crippen molar-refractivity contribution in [1.82, 2.24) is 15.3 Å².